The van der Waals surface area contributed by atoms with Crippen LogP contribution >= 0.6 is 0 Å². The van der Waals surface area contributed by atoms with Gasteiger partial charge in [0.1, 0.15) is 5.65 Å². The molecule has 2 rings (SSSR count). The molecule has 2 aromatic heterocycles. The molecular formula is C17H27N3O. The minimum absolute atomic E-state index is 0.00918. The standard InChI is InChI=1S/C17H27N3O/c1-5-14(6-2)20(11-13(3)4)17-15(12-21)19-10-8-7-9-16(19)18-17/h7-10,13-14,21H,5-6,11-12H2,1-4H3. The second-order valence-electron chi connectivity index (χ2n) is 5.99. The van der Waals surface area contributed by atoms with Gasteiger partial charge in [-0.1, -0.05) is 33.8 Å². The van der Waals surface area contributed by atoms with Crippen LogP contribution in [0.3, 0.4) is 0 Å². The van der Waals surface area contributed by atoms with Crippen molar-refractivity contribution in [1.29, 1.82) is 0 Å². The summed E-state index contributed by atoms with van der Waals surface area (Å²) < 4.78 is 1.99. The Balaban J connectivity index is 2.52. The Hall–Kier alpha value is -1.55. The first kappa shape index (κ1) is 15.8. The molecule has 2 heterocycles. The number of hydrogen-bond acceptors (Lipinski definition) is 3. The van der Waals surface area contributed by atoms with E-state index in [1.54, 1.807) is 0 Å². The molecule has 0 aromatic carbocycles. The number of imidazole rings is 1. The third-order valence-corrected chi connectivity index (χ3v) is 3.97. The summed E-state index contributed by atoms with van der Waals surface area (Å²) in [6, 6.07) is 6.41. The van der Waals surface area contributed by atoms with Crippen molar-refractivity contribution in [3.63, 3.8) is 0 Å². The van der Waals surface area contributed by atoms with Gasteiger partial charge in [-0.3, -0.25) is 4.40 Å². The molecule has 0 aliphatic rings. The van der Waals surface area contributed by atoms with Crippen molar-refractivity contribution in [1.82, 2.24) is 9.38 Å². The van der Waals surface area contributed by atoms with E-state index < -0.39 is 0 Å². The fraction of sp³-hybridized carbons (Fsp3) is 0.588. The second kappa shape index (κ2) is 6.94. The SMILES string of the molecule is CCC(CC)N(CC(C)C)c1nc2ccccn2c1CO. The molecule has 4 nitrogen and oxygen atoms in total. The van der Waals surface area contributed by atoms with E-state index in [9.17, 15) is 5.11 Å². The van der Waals surface area contributed by atoms with E-state index in [0.717, 1.165) is 36.5 Å². The highest BCUT2D eigenvalue weighted by Crippen LogP contribution is 2.26. The van der Waals surface area contributed by atoms with Crippen LogP contribution < -0.4 is 4.90 Å². The van der Waals surface area contributed by atoms with Gasteiger partial charge in [0.05, 0.1) is 12.3 Å². The average Bonchev–Trinajstić information content (AvgIpc) is 2.85. The highest BCUT2D eigenvalue weighted by Gasteiger charge is 2.23. The number of aromatic nitrogens is 2. The van der Waals surface area contributed by atoms with E-state index in [1.165, 1.54) is 0 Å². The van der Waals surface area contributed by atoms with Gasteiger partial charge in [0.15, 0.2) is 5.82 Å². The maximum absolute atomic E-state index is 9.83. The number of fused-ring (bicyclic) bond motifs is 1. The van der Waals surface area contributed by atoms with Crippen LogP contribution in [0.15, 0.2) is 24.4 Å². The first-order valence-corrected chi connectivity index (χ1v) is 7.95. The molecule has 0 saturated heterocycles. The molecule has 0 aliphatic carbocycles. The quantitative estimate of drug-likeness (QED) is 0.848. The Morgan fingerprint density at radius 1 is 1.24 bits per heavy atom. The Labute approximate surface area is 127 Å². The molecular weight excluding hydrogens is 262 g/mol. The van der Waals surface area contributed by atoms with Crippen molar-refractivity contribution in [3.8, 4) is 0 Å². The summed E-state index contributed by atoms with van der Waals surface area (Å²) in [7, 11) is 0. The van der Waals surface area contributed by atoms with Crippen LogP contribution in [0.2, 0.25) is 0 Å². The van der Waals surface area contributed by atoms with Crippen molar-refractivity contribution in [2.75, 3.05) is 11.4 Å². The minimum Gasteiger partial charge on any atom is -0.390 e. The van der Waals surface area contributed by atoms with E-state index in [1.807, 2.05) is 28.8 Å². The lowest BCUT2D eigenvalue weighted by atomic mass is 10.1. The third kappa shape index (κ3) is 3.21. The van der Waals surface area contributed by atoms with Crippen molar-refractivity contribution in [2.45, 2.75) is 53.2 Å². The second-order valence-corrected chi connectivity index (χ2v) is 5.99. The van der Waals surface area contributed by atoms with Gasteiger partial charge >= 0.3 is 0 Å². The maximum atomic E-state index is 9.83. The highest BCUT2D eigenvalue weighted by molar-refractivity contribution is 5.56. The Kier molecular flexibility index (Phi) is 5.23. The van der Waals surface area contributed by atoms with Crippen molar-refractivity contribution >= 4 is 11.5 Å². The summed E-state index contributed by atoms with van der Waals surface area (Å²) >= 11 is 0. The summed E-state index contributed by atoms with van der Waals surface area (Å²) in [6.07, 6.45) is 4.14. The van der Waals surface area contributed by atoms with Crippen molar-refractivity contribution in [3.05, 3.63) is 30.1 Å². The number of nitrogens with zero attached hydrogens (tertiary/aromatic N) is 3. The summed E-state index contributed by atoms with van der Waals surface area (Å²) in [5, 5.41) is 9.83. The molecule has 0 fully saturated rings. The van der Waals surface area contributed by atoms with Gasteiger partial charge in [0.2, 0.25) is 0 Å². The van der Waals surface area contributed by atoms with Crippen LogP contribution in [-0.4, -0.2) is 27.1 Å². The molecule has 116 valence electrons. The predicted octanol–water partition coefficient (Wildman–Crippen LogP) is 3.48. The first-order valence-electron chi connectivity index (χ1n) is 7.95. The van der Waals surface area contributed by atoms with Crippen LogP contribution in [0, 0.1) is 5.92 Å². The largest absolute Gasteiger partial charge is 0.390 e. The predicted molar refractivity (Wildman–Crippen MR) is 87.7 cm³/mol. The van der Waals surface area contributed by atoms with Crippen molar-refractivity contribution in [2.24, 2.45) is 5.92 Å². The van der Waals surface area contributed by atoms with Gasteiger partial charge in [-0.15, -0.1) is 0 Å². The molecule has 0 radical (unpaired) electrons. The number of anilines is 1. The lowest BCUT2D eigenvalue weighted by molar-refractivity contribution is 0.275. The van der Waals surface area contributed by atoms with Crippen LogP contribution in [0.25, 0.3) is 5.65 Å². The summed E-state index contributed by atoms with van der Waals surface area (Å²) in [4.78, 5) is 7.16. The molecule has 21 heavy (non-hydrogen) atoms. The molecule has 2 aromatic rings. The Morgan fingerprint density at radius 2 is 1.95 bits per heavy atom. The van der Waals surface area contributed by atoms with E-state index in [2.05, 4.69) is 32.6 Å². The fourth-order valence-electron chi connectivity index (χ4n) is 2.94. The van der Waals surface area contributed by atoms with Gasteiger partial charge < -0.3 is 10.0 Å². The Bertz CT molecular complexity index is 572. The average molecular weight is 289 g/mol. The summed E-state index contributed by atoms with van der Waals surface area (Å²) in [5.74, 6) is 1.49. The van der Waals surface area contributed by atoms with Gasteiger partial charge in [-0.05, 0) is 30.9 Å². The Morgan fingerprint density at radius 3 is 2.52 bits per heavy atom. The van der Waals surface area contributed by atoms with Gasteiger partial charge in [0.25, 0.3) is 0 Å². The van der Waals surface area contributed by atoms with Gasteiger partial charge in [-0.25, -0.2) is 4.98 Å². The highest BCUT2D eigenvalue weighted by atomic mass is 16.3. The number of pyridine rings is 1. The number of aliphatic hydroxyl groups excluding tert-OH is 1. The molecule has 0 spiro atoms. The molecule has 0 aliphatic heterocycles. The van der Waals surface area contributed by atoms with Crippen LogP contribution in [0.4, 0.5) is 5.82 Å². The van der Waals surface area contributed by atoms with Crippen LogP contribution in [0.1, 0.15) is 46.2 Å². The number of hydrogen-bond donors (Lipinski definition) is 1. The smallest absolute Gasteiger partial charge is 0.153 e. The lowest BCUT2D eigenvalue weighted by Crippen LogP contribution is -2.38. The molecule has 0 atom stereocenters. The third-order valence-electron chi connectivity index (χ3n) is 3.97. The van der Waals surface area contributed by atoms with E-state index in [0.29, 0.717) is 12.0 Å². The molecule has 0 amide bonds. The molecule has 4 heteroatoms. The maximum Gasteiger partial charge on any atom is 0.153 e. The summed E-state index contributed by atoms with van der Waals surface area (Å²) in [5.41, 5.74) is 1.79. The first-order chi connectivity index (χ1) is 10.1. The lowest BCUT2D eigenvalue weighted by Gasteiger charge is -2.33. The zero-order valence-electron chi connectivity index (χ0n) is 13.6. The number of aliphatic hydroxyl groups is 1. The molecule has 0 saturated carbocycles. The molecule has 0 bridgehead atoms. The molecule has 0 unspecified atom stereocenters. The summed E-state index contributed by atoms with van der Waals surface area (Å²) in [6.45, 7) is 9.86. The van der Waals surface area contributed by atoms with E-state index >= 15 is 0 Å². The topological polar surface area (TPSA) is 40.8 Å². The zero-order valence-corrected chi connectivity index (χ0v) is 13.6. The fourth-order valence-corrected chi connectivity index (χ4v) is 2.94. The van der Waals surface area contributed by atoms with E-state index in [-0.39, 0.29) is 6.61 Å². The van der Waals surface area contributed by atoms with Crippen molar-refractivity contribution < 1.29 is 5.11 Å². The minimum atomic E-state index is 0.00918. The number of rotatable bonds is 7. The monoisotopic (exact) mass is 289 g/mol. The van der Waals surface area contributed by atoms with Gasteiger partial charge in [0, 0.05) is 18.8 Å². The van der Waals surface area contributed by atoms with Crippen LogP contribution in [0.5, 0.6) is 0 Å². The zero-order chi connectivity index (χ0) is 15.4. The van der Waals surface area contributed by atoms with Gasteiger partial charge in [-0.2, -0.15) is 0 Å². The molecule has 1 N–H and O–H groups in total. The normalized spacial score (nSPS) is 11.8. The van der Waals surface area contributed by atoms with E-state index in [4.69, 9.17) is 4.98 Å². The van der Waals surface area contributed by atoms with Crippen LogP contribution in [-0.2, 0) is 6.61 Å².